The average molecular weight is 465 g/mol. The van der Waals surface area contributed by atoms with Gasteiger partial charge in [-0.1, -0.05) is 30.3 Å². The van der Waals surface area contributed by atoms with E-state index in [2.05, 4.69) is 14.7 Å². The largest absolute Gasteiger partial charge is 0.416 e. The number of hydrogen-bond donors (Lipinski definition) is 1. The molecule has 0 spiro atoms. The van der Waals surface area contributed by atoms with Crippen LogP contribution in [-0.4, -0.2) is 42.2 Å². The third-order valence-electron chi connectivity index (χ3n) is 5.44. The first kappa shape index (κ1) is 22.5. The number of benzene rings is 2. The SMILES string of the molecule is Cn1ccc(-c2ccc(CN3CC[C@@H](NS(=O)(=O)c4cccc(C(F)(F)F)c4)C3)cc2)n1. The van der Waals surface area contributed by atoms with Crippen LogP contribution in [0.1, 0.15) is 17.5 Å². The van der Waals surface area contributed by atoms with Crippen molar-refractivity contribution in [3.63, 3.8) is 0 Å². The third-order valence-corrected chi connectivity index (χ3v) is 6.95. The first-order chi connectivity index (χ1) is 15.1. The fourth-order valence-corrected chi connectivity index (χ4v) is 5.11. The number of nitrogens with one attached hydrogen (secondary N) is 1. The molecule has 1 fully saturated rings. The number of likely N-dealkylation sites (tertiary alicyclic amines) is 1. The van der Waals surface area contributed by atoms with E-state index in [-0.39, 0.29) is 10.9 Å². The molecule has 1 aromatic heterocycles. The highest BCUT2D eigenvalue weighted by Crippen LogP contribution is 2.30. The molecule has 1 saturated heterocycles. The van der Waals surface area contributed by atoms with Gasteiger partial charge in [-0.05, 0) is 36.2 Å². The van der Waals surface area contributed by atoms with Gasteiger partial charge in [0.2, 0.25) is 10.0 Å². The van der Waals surface area contributed by atoms with E-state index in [1.807, 2.05) is 43.6 Å². The fourth-order valence-electron chi connectivity index (χ4n) is 3.81. The van der Waals surface area contributed by atoms with E-state index in [4.69, 9.17) is 0 Å². The number of alkyl halides is 3. The van der Waals surface area contributed by atoms with Gasteiger partial charge in [-0.2, -0.15) is 18.3 Å². The van der Waals surface area contributed by atoms with Gasteiger partial charge in [0.1, 0.15) is 0 Å². The molecule has 4 rings (SSSR count). The Morgan fingerprint density at radius 1 is 1.12 bits per heavy atom. The zero-order valence-corrected chi connectivity index (χ0v) is 18.2. The molecular formula is C22H23F3N4O2S. The van der Waals surface area contributed by atoms with Crippen molar-refractivity contribution in [1.29, 1.82) is 0 Å². The predicted molar refractivity (Wildman–Crippen MR) is 114 cm³/mol. The maximum atomic E-state index is 12.9. The lowest BCUT2D eigenvalue weighted by Crippen LogP contribution is -2.37. The normalized spacial score (nSPS) is 17.7. The Bertz CT molecular complexity index is 1190. The van der Waals surface area contributed by atoms with E-state index in [0.717, 1.165) is 29.0 Å². The Morgan fingerprint density at radius 3 is 2.53 bits per heavy atom. The summed E-state index contributed by atoms with van der Waals surface area (Å²) in [5.74, 6) is 0. The van der Waals surface area contributed by atoms with Crippen molar-refractivity contribution < 1.29 is 21.6 Å². The monoisotopic (exact) mass is 464 g/mol. The summed E-state index contributed by atoms with van der Waals surface area (Å²) >= 11 is 0. The van der Waals surface area contributed by atoms with Crippen molar-refractivity contribution in [1.82, 2.24) is 19.4 Å². The number of halogens is 3. The number of hydrogen-bond acceptors (Lipinski definition) is 4. The second-order valence-electron chi connectivity index (χ2n) is 7.94. The summed E-state index contributed by atoms with van der Waals surface area (Å²) < 4.78 is 68.2. The predicted octanol–water partition coefficient (Wildman–Crippen LogP) is 3.66. The molecule has 10 heteroatoms. The molecule has 3 aromatic rings. The van der Waals surface area contributed by atoms with Crippen LogP contribution in [0.15, 0.2) is 65.7 Å². The lowest BCUT2D eigenvalue weighted by atomic mass is 10.1. The Hall–Kier alpha value is -2.69. The molecule has 0 saturated carbocycles. The second kappa shape index (κ2) is 8.68. The van der Waals surface area contributed by atoms with Crippen molar-refractivity contribution in [2.24, 2.45) is 7.05 Å². The van der Waals surface area contributed by atoms with Gasteiger partial charge in [-0.3, -0.25) is 9.58 Å². The van der Waals surface area contributed by atoms with Crippen LogP contribution >= 0.6 is 0 Å². The van der Waals surface area contributed by atoms with Crippen molar-refractivity contribution >= 4 is 10.0 Å². The van der Waals surface area contributed by atoms with Crippen molar-refractivity contribution in [2.75, 3.05) is 13.1 Å². The molecule has 0 radical (unpaired) electrons. The smallest absolute Gasteiger partial charge is 0.297 e. The maximum Gasteiger partial charge on any atom is 0.416 e. The van der Waals surface area contributed by atoms with E-state index >= 15 is 0 Å². The van der Waals surface area contributed by atoms with Gasteiger partial charge in [0.25, 0.3) is 0 Å². The van der Waals surface area contributed by atoms with Crippen LogP contribution in [0.5, 0.6) is 0 Å². The summed E-state index contributed by atoms with van der Waals surface area (Å²) in [4.78, 5) is 1.74. The third kappa shape index (κ3) is 5.20. The number of rotatable bonds is 6. The topological polar surface area (TPSA) is 67.2 Å². The molecule has 1 aliphatic heterocycles. The van der Waals surface area contributed by atoms with Crippen LogP contribution in [-0.2, 0) is 29.8 Å². The van der Waals surface area contributed by atoms with Gasteiger partial charge in [-0.15, -0.1) is 0 Å². The van der Waals surface area contributed by atoms with Gasteiger partial charge >= 0.3 is 6.18 Å². The molecule has 2 heterocycles. The summed E-state index contributed by atoms with van der Waals surface area (Å²) in [5.41, 5.74) is 2.01. The van der Waals surface area contributed by atoms with E-state index in [1.165, 1.54) is 6.07 Å². The Labute approximate surface area is 184 Å². The number of nitrogens with zero attached hydrogens (tertiary/aromatic N) is 3. The zero-order chi connectivity index (χ0) is 22.9. The van der Waals surface area contributed by atoms with Gasteiger partial charge in [0, 0.05) is 44.5 Å². The van der Waals surface area contributed by atoms with E-state index in [0.29, 0.717) is 32.1 Å². The molecule has 32 heavy (non-hydrogen) atoms. The molecule has 1 N–H and O–H groups in total. The summed E-state index contributed by atoms with van der Waals surface area (Å²) in [6.45, 7) is 1.84. The minimum Gasteiger partial charge on any atom is -0.297 e. The standard InChI is InChI=1S/C22H23F3N4O2S/c1-28-11-10-21(26-28)17-7-5-16(6-8-17)14-29-12-9-19(15-29)27-32(30,31)20-4-2-3-18(13-20)22(23,24)25/h2-8,10-11,13,19,27H,9,12,14-15H2,1H3/t19-/m1/s1. The van der Waals surface area contributed by atoms with Gasteiger partial charge in [0.15, 0.2) is 0 Å². The van der Waals surface area contributed by atoms with Crippen LogP contribution in [0.3, 0.4) is 0 Å². The van der Waals surface area contributed by atoms with Crippen molar-refractivity contribution in [3.8, 4) is 11.3 Å². The quantitative estimate of drug-likeness (QED) is 0.605. The summed E-state index contributed by atoms with van der Waals surface area (Å²) in [7, 11) is -2.18. The van der Waals surface area contributed by atoms with Gasteiger partial charge in [0.05, 0.1) is 16.2 Å². The first-order valence-electron chi connectivity index (χ1n) is 10.1. The molecule has 1 atom stereocenters. The fraction of sp³-hybridized carbons (Fsp3) is 0.318. The molecule has 0 unspecified atom stereocenters. The molecule has 1 aliphatic rings. The van der Waals surface area contributed by atoms with Crippen LogP contribution < -0.4 is 4.72 Å². The Balaban J connectivity index is 1.36. The Morgan fingerprint density at radius 2 is 1.88 bits per heavy atom. The molecular weight excluding hydrogens is 441 g/mol. The van der Waals surface area contributed by atoms with E-state index in [1.54, 1.807) is 4.68 Å². The highest BCUT2D eigenvalue weighted by molar-refractivity contribution is 7.89. The minimum absolute atomic E-state index is 0.359. The van der Waals surface area contributed by atoms with Crippen molar-refractivity contribution in [2.45, 2.75) is 30.1 Å². The van der Waals surface area contributed by atoms with E-state index < -0.39 is 21.8 Å². The lowest BCUT2D eigenvalue weighted by molar-refractivity contribution is -0.137. The number of sulfonamides is 1. The van der Waals surface area contributed by atoms with Gasteiger partial charge in [-0.25, -0.2) is 13.1 Å². The average Bonchev–Trinajstić information content (AvgIpc) is 3.36. The number of aryl methyl sites for hydroxylation is 1. The molecule has 2 aromatic carbocycles. The molecule has 0 aliphatic carbocycles. The summed E-state index contributed by atoms with van der Waals surface area (Å²) in [6.07, 6.45) is -2.12. The molecule has 170 valence electrons. The van der Waals surface area contributed by atoms with Gasteiger partial charge < -0.3 is 0 Å². The second-order valence-corrected chi connectivity index (χ2v) is 9.65. The summed E-state index contributed by atoms with van der Waals surface area (Å²) in [5, 5.41) is 4.38. The summed E-state index contributed by atoms with van der Waals surface area (Å²) in [6, 6.07) is 13.4. The maximum absolute atomic E-state index is 12.9. The van der Waals surface area contributed by atoms with Crippen LogP contribution in [0.2, 0.25) is 0 Å². The zero-order valence-electron chi connectivity index (χ0n) is 17.4. The molecule has 0 amide bonds. The molecule has 0 bridgehead atoms. The minimum atomic E-state index is -4.60. The van der Waals surface area contributed by atoms with Crippen LogP contribution in [0.25, 0.3) is 11.3 Å². The van der Waals surface area contributed by atoms with E-state index in [9.17, 15) is 21.6 Å². The van der Waals surface area contributed by atoms with Crippen molar-refractivity contribution in [3.05, 3.63) is 71.9 Å². The van der Waals surface area contributed by atoms with Crippen LogP contribution in [0, 0.1) is 0 Å². The lowest BCUT2D eigenvalue weighted by Gasteiger charge is -2.17. The highest BCUT2D eigenvalue weighted by Gasteiger charge is 2.33. The first-order valence-corrected chi connectivity index (χ1v) is 11.6. The Kier molecular flexibility index (Phi) is 6.11. The van der Waals surface area contributed by atoms with Crippen LogP contribution in [0.4, 0.5) is 13.2 Å². The highest BCUT2D eigenvalue weighted by atomic mass is 32.2. The number of aromatic nitrogens is 2. The molecule has 6 nitrogen and oxygen atoms in total.